The highest BCUT2D eigenvalue weighted by atomic mass is 32.1. The summed E-state index contributed by atoms with van der Waals surface area (Å²) in [5.74, 6) is 1.45. The first-order chi connectivity index (χ1) is 15.6. The van der Waals surface area contributed by atoms with Gasteiger partial charge in [-0.1, -0.05) is 31.2 Å². The lowest BCUT2D eigenvalue weighted by Crippen LogP contribution is -2.33. The van der Waals surface area contributed by atoms with Gasteiger partial charge < -0.3 is 10.2 Å². The zero-order valence-corrected chi connectivity index (χ0v) is 18.9. The molecule has 0 bridgehead atoms. The number of benzene rings is 1. The van der Waals surface area contributed by atoms with E-state index in [-0.39, 0.29) is 18.2 Å². The summed E-state index contributed by atoms with van der Waals surface area (Å²) in [5, 5.41) is 7.95. The number of piperidine rings is 1. The Morgan fingerprint density at radius 2 is 1.91 bits per heavy atom. The van der Waals surface area contributed by atoms with E-state index in [1.165, 1.54) is 24.2 Å². The van der Waals surface area contributed by atoms with Crippen LogP contribution in [0.15, 0.2) is 54.0 Å². The van der Waals surface area contributed by atoms with E-state index in [0.29, 0.717) is 22.9 Å². The van der Waals surface area contributed by atoms with Gasteiger partial charge >= 0.3 is 0 Å². The van der Waals surface area contributed by atoms with E-state index in [1.54, 1.807) is 17.5 Å². The summed E-state index contributed by atoms with van der Waals surface area (Å²) in [6.45, 7) is 4.81. The van der Waals surface area contributed by atoms with Crippen LogP contribution in [0.1, 0.15) is 41.4 Å². The second-order valence-electron chi connectivity index (χ2n) is 8.11. The van der Waals surface area contributed by atoms with Gasteiger partial charge in [-0.3, -0.25) is 14.9 Å². The number of carbonyl (C=O) groups is 2. The molecular formula is C24H27N5O2S. The van der Waals surface area contributed by atoms with Gasteiger partial charge in [0.05, 0.1) is 12.1 Å². The topological polar surface area (TPSA) is 87.2 Å². The standard InChI is InChI=1S/C24H27N5O2S/c1-17-9-11-29(12-10-17)21-8-7-18(14-25-21)15-26-22(30)13-20-16-32-24(27-20)28-23(31)19-5-3-2-4-6-19/h2-8,14,16-17H,9-13,15H2,1H3,(H,26,30)(H,27,28,31). The Hall–Kier alpha value is -3.26. The smallest absolute Gasteiger partial charge is 0.257 e. The number of aromatic nitrogens is 2. The molecule has 0 radical (unpaired) electrons. The Labute approximate surface area is 191 Å². The Balaban J connectivity index is 1.23. The quantitative estimate of drug-likeness (QED) is 0.572. The molecule has 32 heavy (non-hydrogen) atoms. The van der Waals surface area contributed by atoms with Crippen molar-refractivity contribution < 1.29 is 9.59 Å². The fraction of sp³-hybridized carbons (Fsp3) is 0.333. The molecule has 0 unspecified atom stereocenters. The van der Waals surface area contributed by atoms with Gasteiger partial charge in [0.1, 0.15) is 5.82 Å². The molecule has 1 aliphatic rings. The van der Waals surface area contributed by atoms with Crippen LogP contribution in [0, 0.1) is 5.92 Å². The molecule has 1 saturated heterocycles. The third-order valence-electron chi connectivity index (χ3n) is 5.56. The minimum atomic E-state index is -0.217. The first kappa shape index (κ1) is 22.0. The molecule has 166 valence electrons. The molecule has 2 N–H and O–H groups in total. The minimum Gasteiger partial charge on any atom is -0.357 e. The summed E-state index contributed by atoms with van der Waals surface area (Å²) in [7, 11) is 0. The van der Waals surface area contributed by atoms with E-state index in [4.69, 9.17) is 0 Å². The predicted molar refractivity (Wildman–Crippen MR) is 127 cm³/mol. The maximum Gasteiger partial charge on any atom is 0.257 e. The van der Waals surface area contributed by atoms with Crippen LogP contribution >= 0.6 is 11.3 Å². The van der Waals surface area contributed by atoms with E-state index in [0.717, 1.165) is 30.4 Å². The van der Waals surface area contributed by atoms with Crippen molar-refractivity contribution in [1.82, 2.24) is 15.3 Å². The summed E-state index contributed by atoms with van der Waals surface area (Å²) in [6.07, 6.45) is 4.39. The van der Waals surface area contributed by atoms with E-state index < -0.39 is 0 Å². The van der Waals surface area contributed by atoms with Crippen LogP contribution in [0.25, 0.3) is 0 Å². The minimum absolute atomic E-state index is 0.120. The largest absolute Gasteiger partial charge is 0.357 e. The van der Waals surface area contributed by atoms with Crippen LogP contribution < -0.4 is 15.5 Å². The number of nitrogens with zero attached hydrogens (tertiary/aromatic N) is 3. The molecule has 3 heterocycles. The van der Waals surface area contributed by atoms with Crippen molar-refractivity contribution in [3.05, 3.63) is 70.9 Å². The number of nitrogens with one attached hydrogen (secondary N) is 2. The first-order valence-corrected chi connectivity index (χ1v) is 11.7. The Morgan fingerprint density at radius 1 is 1.12 bits per heavy atom. The molecule has 1 aromatic carbocycles. The number of hydrogen-bond donors (Lipinski definition) is 2. The molecule has 4 rings (SSSR count). The molecule has 2 aromatic heterocycles. The van der Waals surface area contributed by atoms with E-state index >= 15 is 0 Å². The van der Waals surface area contributed by atoms with E-state index in [1.807, 2.05) is 36.5 Å². The molecule has 2 amide bonds. The van der Waals surface area contributed by atoms with Crippen molar-refractivity contribution in [2.75, 3.05) is 23.3 Å². The van der Waals surface area contributed by atoms with Crippen LogP contribution in [0.4, 0.5) is 10.9 Å². The summed E-state index contributed by atoms with van der Waals surface area (Å²) < 4.78 is 0. The van der Waals surface area contributed by atoms with Gasteiger partial charge in [-0.05, 0) is 42.5 Å². The van der Waals surface area contributed by atoms with Crippen molar-refractivity contribution in [2.45, 2.75) is 32.7 Å². The normalized spacial score (nSPS) is 14.2. The van der Waals surface area contributed by atoms with Crippen LogP contribution in [-0.4, -0.2) is 34.9 Å². The summed E-state index contributed by atoms with van der Waals surface area (Å²) in [5.41, 5.74) is 2.15. The number of anilines is 2. The Bertz CT molecular complexity index is 1040. The van der Waals surface area contributed by atoms with Crippen LogP contribution in [0.2, 0.25) is 0 Å². The maximum atomic E-state index is 12.3. The molecule has 7 nitrogen and oxygen atoms in total. The summed E-state index contributed by atoms with van der Waals surface area (Å²) >= 11 is 1.31. The van der Waals surface area contributed by atoms with Crippen molar-refractivity contribution >= 4 is 34.1 Å². The van der Waals surface area contributed by atoms with Crippen molar-refractivity contribution in [3.8, 4) is 0 Å². The van der Waals surface area contributed by atoms with Gasteiger partial charge in [-0.2, -0.15) is 0 Å². The highest BCUT2D eigenvalue weighted by molar-refractivity contribution is 7.14. The molecule has 8 heteroatoms. The molecule has 3 aromatic rings. The SMILES string of the molecule is CC1CCN(c2ccc(CNC(=O)Cc3csc(NC(=O)c4ccccc4)n3)cn2)CC1. The van der Waals surface area contributed by atoms with E-state index in [9.17, 15) is 9.59 Å². The Morgan fingerprint density at radius 3 is 2.62 bits per heavy atom. The van der Waals surface area contributed by atoms with Gasteiger partial charge in [0, 0.05) is 36.8 Å². The van der Waals surface area contributed by atoms with Gasteiger partial charge in [0.2, 0.25) is 5.91 Å². The lowest BCUT2D eigenvalue weighted by molar-refractivity contribution is -0.120. The zero-order valence-electron chi connectivity index (χ0n) is 18.1. The average Bonchev–Trinajstić information content (AvgIpc) is 3.25. The molecular weight excluding hydrogens is 422 g/mol. The number of amides is 2. The number of hydrogen-bond acceptors (Lipinski definition) is 6. The Kier molecular flexibility index (Phi) is 7.11. The lowest BCUT2D eigenvalue weighted by Gasteiger charge is -2.31. The maximum absolute atomic E-state index is 12.3. The van der Waals surface area contributed by atoms with Crippen molar-refractivity contribution in [1.29, 1.82) is 0 Å². The lowest BCUT2D eigenvalue weighted by atomic mass is 9.99. The fourth-order valence-electron chi connectivity index (χ4n) is 3.58. The average molecular weight is 450 g/mol. The van der Waals surface area contributed by atoms with Gasteiger partial charge in [-0.25, -0.2) is 9.97 Å². The fourth-order valence-corrected chi connectivity index (χ4v) is 4.28. The molecule has 0 atom stereocenters. The predicted octanol–water partition coefficient (Wildman–Crippen LogP) is 3.89. The van der Waals surface area contributed by atoms with Gasteiger partial charge in [0.25, 0.3) is 5.91 Å². The van der Waals surface area contributed by atoms with Crippen LogP contribution in [0.5, 0.6) is 0 Å². The number of rotatable bonds is 7. The highest BCUT2D eigenvalue weighted by Gasteiger charge is 2.17. The monoisotopic (exact) mass is 449 g/mol. The highest BCUT2D eigenvalue weighted by Crippen LogP contribution is 2.21. The molecule has 1 fully saturated rings. The second-order valence-corrected chi connectivity index (χ2v) is 8.97. The third-order valence-corrected chi connectivity index (χ3v) is 6.36. The third kappa shape index (κ3) is 5.91. The molecule has 0 spiro atoms. The van der Waals surface area contributed by atoms with Crippen LogP contribution in [0.3, 0.4) is 0 Å². The second kappa shape index (κ2) is 10.4. The summed E-state index contributed by atoms with van der Waals surface area (Å²) in [6, 6.07) is 13.0. The first-order valence-electron chi connectivity index (χ1n) is 10.8. The molecule has 0 aliphatic carbocycles. The zero-order chi connectivity index (χ0) is 22.3. The molecule has 1 aliphatic heterocycles. The summed E-state index contributed by atoms with van der Waals surface area (Å²) in [4.78, 5) is 35.8. The van der Waals surface area contributed by atoms with Gasteiger partial charge in [0.15, 0.2) is 5.13 Å². The number of pyridine rings is 1. The van der Waals surface area contributed by atoms with E-state index in [2.05, 4.69) is 32.4 Å². The number of carbonyl (C=O) groups excluding carboxylic acids is 2. The van der Waals surface area contributed by atoms with Crippen molar-refractivity contribution in [2.24, 2.45) is 5.92 Å². The van der Waals surface area contributed by atoms with Gasteiger partial charge in [-0.15, -0.1) is 11.3 Å². The van der Waals surface area contributed by atoms with Crippen LogP contribution in [-0.2, 0) is 17.8 Å². The number of thiazole rings is 1. The van der Waals surface area contributed by atoms with Crippen molar-refractivity contribution in [3.63, 3.8) is 0 Å². The molecule has 0 saturated carbocycles.